The molecule has 0 atom stereocenters. The van der Waals surface area contributed by atoms with Crippen LogP contribution in [0.25, 0.3) is 43.8 Å². The quantitative estimate of drug-likeness (QED) is 0.0938. The van der Waals surface area contributed by atoms with Gasteiger partial charge in [-0.05, 0) is 59.4 Å². The molecule has 0 nitrogen and oxygen atoms in total. The van der Waals surface area contributed by atoms with E-state index in [0.717, 1.165) is 55.7 Å². The van der Waals surface area contributed by atoms with Crippen LogP contribution in [0.3, 0.4) is 0 Å². The molecule has 16 heteroatoms. The second kappa shape index (κ2) is 20.4. The number of hydrogen-bond acceptors (Lipinski definition) is 0. The Morgan fingerprint density at radius 1 is 0.483 bits per heavy atom. The average Bonchev–Trinajstić information content (AvgIpc) is 3.70. The van der Waals surface area contributed by atoms with Crippen molar-refractivity contribution in [2.45, 2.75) is 91.2 Å². The molecule has 6 aromatic rings. The van der Waals surface area contributed by atoms with Crippen LogP contribution in [0.4, 0.5) is 52.7 Å². The van der Waals surface area contributed by atoms with Gasteiger partial charge >= 0.3 is 62.6 Å². The Morgan fingerprint density at radius 3 is 0.950 bits per heavy atom. The summed E-state index contributed by atoms with van der Waals surface area (Å²) in [5, 5.41) is 2.90. The van der Waals surface area contributed by atoms with Gasteiger partial charge < -0.3 is 0 Å². The zero-order chi connectivity index (χ0) is 45.7. The third kappa shape index (κ3) is 13.0. The second-order valence-electron chi connectivity index (χ2n) is 14.6. The predicted octanol–water partition coefficient (Wildman–Crippen LogP) is 17.6. The van der Waals surface area contributed by atoms with Gasteiger partial charge in [0.15, 0.2) is 0 Å². The fourth-order valence-electron chi connectivity index (χ4n) is 6.70. The number of fused-ring (bicyclic) bond motifs is 2. The average molecular weight is 987 g/mol. The number of alkyl halides is 12. The van der Waals surface area contributed by atoms with Crippen molar-refractivity contribution in [3.8, 4) is 22.3 Å². The molecule has 60 heavy (non-hydrogen) atoms. The molecule has 0 aliphatic rings. The summed E-state index contributed by atoms with van der Waals surface area (Å²) in [5.74, 6) is -0.132. The number of rotatable bonds is 4. The molecule has 0 unspecified atom stereocenters. The molecule has 0 fully saturated rings. The summed E-state index contributed by atoms with van der Waals surface area (Å²) in [6, 6.07) is 18.1. The van der Waals surface area contributed by atoms with Crippen molar-refractivity contribution in [2.24, 2.45) is 0 Å². The van der Waals surface area contributed by atoms with Crippen molar-refractivity contribution < 1.29 is 73.5 Å². The van der Waals surface area contributed by atoms with Crippen LogP contribution < -0.4 is 0 Å². The van der Waals surface area contributed by atoms with Crippen molar-refractivity contribution in [1.82, 2.24) is 0 Å². The molecule has 0 aromatic heterocycles. The van der Waals surface area contributed by atoms with Gasteiger partial charge in [-0.3, -0.25) is 0 Å². The van der Waals surface area contributed by atoms with E-state index >= 15 is 0 Å². The van der Waals surface area contributed by atoms with E-state index < -0.39 is 67.8 Å². The molecular weight excluding hydrogens is 947 g/mol. The summed E-state index contributed by atoms with van der Waals surface area (Å²) in [5.41, 5.74) is -1.30. The van der Waals surface area contributed by atoms with E-state index in [1.807, 2.05) is 65.8 Å². The molecule has 0 bridgehead atoms. The minimum absolute atomic E-state index is 0.0662. The SMILES string of the molecule is C[Si]C.Cc1cc2c(-c3cc(C(F)(F)F)cc(C(F)(F)F)c3)c(C(C)C)ccc2[cH-]1.Cc1cc2c(-c3cc(C(F)(F)F)cc(C(F)(F)F)c3)c(C(C)C)ccc2[cH-]1.[Cl][Zr+2][Cl]. The molecule has 0 aliphatic carbocycles. The molecule has 0 amide bonds. The van der Waals surface area contributed by atoms with Crippen LogP contribution in [0.2, 0.25) is 13.1 Å². The number of benzene rings is 4. The molecule has 0 N–H and O–H groups in total. The Morgan fingerprint density at radius 2 is 0.733 bits per heavy atom. The van der Waals surface area contributed by atoms with E-state index in [-0.39, 0.29) is 35.1 Å². The molecule has 0 saturated heterocycles. The van der Waals surface area contributed by atoms with Gasteiger partial charge in [0.1, 0.15) is 0 Å². The van der Waals surface area contributed by atoms with Crippen LogP contribution in [0, 0.1) is 13.8 Å². The second-order valence-corrected chi connectivity index (χ2v) is 19.3. The van der Waals surface area contributed by atoms with E-state index in [1.54, 1.807) is 24.3 Å². The molecule has 0 aliphatic heterocycles. The van der Waals surface area contributed by atoms with Crippen LogP contribution >= 0.6 is 17.0 Å². The topological polar surface area (TPSA) is 0 Å². The summed E-state index contributed by atoms with van der Waals surface area (Å²) >= 11 is -0.826. The number of hydrogen-bond donors (Lipinski definition) is 0. The Balaban J connectivity index is 0.000000283. The first-order valence-corrected chi connectivity index (χ1v) is 26.5. The monoisotopic (exact) mass is 984 g/mol. The Kier molecular flexibility index (Phi) is 17.5. The normalized spacial score (nSPS) is 12.1. The summed E-state index contributed by atoms with van der Waals surface area (Å²) in [7, 11) is 11.0. The van der Waals surface area contributed by atoms with Gasteiger partial charge in [-0.1, -0.05) is 76.9 Å². The molecular formula is C44H40Cl2F12SiZr. The van der Waals surface area contributed by atoms with Crippen LogP contribution in [-0.2, 0) is 45.6 Å². The maximum atomic E-state index is 13.3. The third-order valence-corrected chi connectivity index (χ3v) is 9.13. The van der Waals surface area contributed by atoms with Crippen LogP contribution in [0.1, 0.15) is 84.0 Å². The van der Waals surface area contributed by atoms with Gasteiger partial charge in [0.2, 0.25) is 0 Å². The molecule has 322 valence electrons. The third-order valence-electron chi connectivity index (χ3n) is 9.13. The molecule has 2 radical (unpaired) electrons. The number of aryl methyl sites for hydroxylation is 2. The zero-order valence-electron chi connectivity index (χ0n) is 33.5. The first kappa shape index (κ1) is 51.3. The summed E-state index contributed by atoms with van der Waals surface area (Å²) < 4.78 is 159. The first-order valence-electron chi connectivity index (χ1n) is 18.1. The van der Waals surface area contributed by atoms with Gasteiger partial charge in [-0.2, -0.15) is 64.8 Å². The minimum atomic E-state index is -4.87. The first-order chi connectivity index (χ1) is 27.6. The van der Waals surface area contributed by atoms with Crippen molar-refractivity contribution in [1.29, 1.82) is 0 Å². The summed E-state index contributed by atoms with van der Waals surface area (Å²) in [6.45, 7) is 15.4. The zero-order valence-corrected chi connectivity index (χ0v) is 38.5. The molecule has 0 heterocycles. The Hall–Kier alpha value is -3.06. The van der Waals surface area contributed by atoms with Crippen LogP contribution in [-0.4, -0.2) is 9.52 Å². The van der Waals surface area contributed by atoms with E-state index in [1.165, 1.54) is 0 Å². The molecule has 0 spiro atoms. The van der Waals surface area contributed by atoms with Crippen LogP contribution in [0.5, 0.6) is 0 Å². The number of halogens is 14. The van der Waals surface area contributed by atoms with Crippen molar-refractivity contribution >= 4 is 48.1 Å². The van der Waals surface area contributed by atoms with Gasteiger partial charge in [0, 0.05) is 9.52 Å². The van der Waals surface area contributed by atoms with Gasteiger partial charge in [0.05, 0.1) is 22.3 Å². The molecule has 0 saturated carbocycles. The maximum absolute atomic E-state index is 13.3. The van der Waals surface area contributed by atoms with E-state index in [4.69, 9.17) is 17.0 Å². The van der Waals surface area contributed by atoms with Crippen molar-refractivity contribution in [3.05, 3.63) is 129 Å². The fraction of sp³-hybridized carbons (Fsp3) is 0.318. The predicted molar refractivity (Wildman–Crippen MR) is 217 cm³/mol. The van der Waals surface area contributed by atoms with Crippen LogP contribution in [0.15, 0.2) is 84.9 Å². The summed E-state index contributed by atoms with van der Waals surface area (Å²) in [6.07, 6.45) is -19.5. The van der Waals surface area contributed by atoms with Gasteiger partial charge in [-0.15, -0.1) is 69.1 Å². The molecule has 6 rings (SSSR count). The standard InChI is InChI=1S/2C21H17F6.C2H6Si.2ClH.Zr/c2*1-11(2)17-5-4-13-6-12(3)7-18(13)19(17)14-8-15(20(22,23)24)10-16(9-14)21(25,26)27;1-3-2;;;/h2*4-11H,1-3H3;1-2H3;2*1H;/q2*-1;;;;+4/p-2. The van der Waals surface area contributed by atoms with Crippen molar-refractivity contribution in [3.63, 3.8) is 0 Å². The fourth-order valence-corrected chi connectivity index (χ4v) is 6.70. The van der Waals surface area contributed by atoms with E-state index in [9.17, 15) is 52.7 Å². The summed E-state index contributed by atoms with van der Waals surface area (Å²) in [4.78, 5) is 0. The Bertz CT molecular complexity index is 2130. The van der Waals surface area contributed by atoms with Crippen molar-refractivity contribution in [2.75, 3.05) is 0 Å². The molecule has 6 aromatic carbocycles. The Labute approximate surface area is 362 Å². The van der Waals surface area contributed by atoms with Gasteiger partial charge in [0.25, 0.3) is 0 Å². The van der Waals surface area contributed by atoms with E-state index in [2.05, 4.69) is 13.1 Å². The van der Waals surface area contributed by atoms with E-state index in [0.29, 0.717) is 33.0 Å². The van der Waals surface area contributed by atoms with Gasteiger partial charge in [-0.25, -0.2) is 0 Å².